The van der Waals surface area contributed by atoms with Crippen LogP contribution in [-0.4, -0.2) is 77.2 Å². The molecule has 0 radical (unpaired) electrons. The molecule has 3 aromatic rings. The summed E-state index contributed by atoms with van der Waals surface area (Å²) >= 11 is 1.56. The lowest BCUT2D eigenvalue weighted by atomic mass is 9.24. The van der Waals surface area contributed by atoms with Crippen molar-refractivity contribution in [3.63, 3.8) is 0 Å². The van der Waals surface area contributed by atoms with Crippen molar-refractivity contribution in [2.24, 2.45) is 39.5 Å². The molecule has 1 aromatic carbocycles. The Morgan fingerprint density at radius 1 is 1.03 bits per heavy atom. The Balaban J connectivity index is 0.859. The number of thiazole rings is 1. The molecule has 8 N–H and O–H groups in total. The molecule has 2 aromatic heterocycles. The molecule has 7 unspecified atom stereocenters. The van der Waals surface area contributed by atoms with Crippen molar-refractivity contribution in [3.8, 4) is 0 Å². The Morgan fingerprint density at radius 2 is 1.81 bits per heavy atom. The van der Waals surface area contributed by atoms with Crippen LogP contribution in [0, 0.1) is 33.5 Å². The van der Waals surface area contributed by atoms with Gasteiger partial charge in [0.2, 0.25) is 0 Å². The highest BCUT2D eigenvalue weighted by atomic mass is 32.1. The maximum atomic E-state index is 11.3. The van der Waals surface area contributed by atoms with Gasteiger partial charge in [0.25, 0.3) is 0 Å². The lowest BCUT2D eigenvalue weighted by molar-refractivity contribution is -0.404. The van der Waals surface area contributed by atoms with Crippen LogP contribution in [0.1, 0.15) is 103 Å². The van der Waals surface area contributed by atoms with E-state index in [1.807, 2.05) is 48.2 Å². The second kappa shape index (κ2) is 14.3. The summed E-state index contributed by atoms with van der Waals surface area (Å²) in [4.78, 5) is 14.3. The summed E-state index contributed by atoms with van der Waals surface area (Å²) in [5.41, 5.74) is 20.4. The number of pyridine rings is 1. The Morgan fingerprint density at radius 3 is 2.61 bits per heavy atom. The lowest BCUT2D eigenvalue weighted by Gasteiger charge is -2.83. The van der Waals surface area contributed by atoms with Crippen molar-refractivity contribution in [2.45, 2.75) is 97.4 Å². The predicted molar refractivity (Wildman–Crippen MR) is 234 cm³/mol. The van der Waals surface area contributed by atoms with Crippen molar-refractivity contribution >= 4 is 43.8 Å². The number of aromatic nitrogens is 2. The van der Waals surface area contributed by atoms with Gasteiger partial charge in [-0.1, -0.05) is 37.3 Å². The predicted octanol–water partition coefficient (Wildman–Crippen LogP) is 7.21. The first-order valence-electron chi connectivity index (χ1n) is 21.9. The Labute approximate surface area is 352 Å². The van der Waals surface area contributed by atoms with Crippen LogP contribution in [0.15, 0.2) is 64.9 Å². The fourth-order valence-electron chi connectivity index (χ4n) is 13.7. The second-order valence-corrected chi connectivity index (χ2v) is 20.3. The molecule has 5 fully saturated rings. The van der Waals surface area contributed by atoms with E-state index in [0.717, 1.165) is 70.3 Å². The molecule has 314 valence electrons. The van der Waals surface area contributed by atoms with E-state index >= 15 is 0 Å². The Hall–Kier alpha value is -4.01. The van der Waals surface area contributed by atoms with E-state index in [-0.39, 0.29) is 12.2 Å². The molecule has 12 nitrogen and oxygen atoms in total. The van der Waals surface area contributed by atoms with Crippen molar-refractivity contribution in [1.29, 1.82) is 5.41 Å². The topological polar surface area (TPSA) is 171 Å². The van der Waals surface area contributed by atoms with E-state index in [1.165, 1.54) is 58.0 Å². The molecule has 1 spiro atoms. The van der Waals surface area contributed by atoms with Crippen LogP contribution in [0.5, 0.6) is 0 Å². The van der Waals surface area contributed by atoms with Crippen LogP contribution in [0.25, 0.3) is 15.8 Å². The van der Waals surface area contributed by atoms with Crippen LogP contribution in [0.4, 0.5) is 10.9 Å². The van der Waals surface area contributed by atoms with Gasteiger partial charge < -0.3 is 51.9 Å². The monoisotopic (exact) mass is 819 g/mol. The van der Waals surface area contributed by atoms with Crippen molar-refractivity contribution in [2.75, 3.05) is 56.2 Å². The van der Waals surface area contributed by atoms with Gasteiger partial charge in [0.1, 0.15) is 23.2 Å². The smallest absolute Gasteiger partial charge is 0.199 e. The standard InChI is InChI=1S/C46H61N9O3S/c1-27(39(48)53-42-51-34-11-5-6-12-35(34)59-42)31-10-9-17-55(40(31)49)36-14-13-32-37(33(47)24-57-41(56)38(32)52-36)28(2)50-23-30-21-44(4)26-45(58-19-18-54-15-7-8-16-54)25-43(3)20-29(30)22-46(43,44)45/h5-6,11-14,29-30,41,47,50,56H,7-10,15-26,48-49H2,1-4H3,(H,51,53)/b37-28-,39-27+,47-33?. The number of ether oxygens (including phenoxy) is 2. The van der Waals surface area contributed by atoms with E-state index in [4.69, 9.17) is 31.3 Å². The highest BCUT2D eigenvalue weighted by molar-refractivity contribution is 7.22. The number of allylic oxidation sites excluding steroid dienone is 3. The molecule has 1 saturated heterocycles. The number of nitrogens with one attached hydrogen (secondary N) is 3. The highest BCUT2D eigenvalue weighted by Crippen LogP contribution is 2.91. The Kier molecular flexibility index (Phi) is 9.48. The van der Waals surface area contributed by atoms with Gasteiger partial charge in [0.15, 0.2) is 11.4 Å². The zero-order chi connectivity index (χ0) is 40.9. The minimum atomic E-state index is -1.28. The van der Waals surface area contributed by atoms with Crippen LogP contribution in [0.2, 0.25) is 0 Å². The number of aliphatic hydroxyl groups is 1. The van der Waals surface area contributed by atoms with Crippen LogP contribution < -0.4 is 27.0 Å². The average Bonchev–Trinajstić information content (AvgIpc) is 3.93. The summed E-state index contributed by atoms with van der Waals surface area (Å²) in [5, 5.41) is 28.2. The number of likely N-dealkylation sites (tertiary alicyclic amines) is 1. The molecule has 59 heavy (non-hydrogen) atoms. The number of hydrogen-bond acceptors (Lipinski definition) is 13. The maximum Gasteiger partial charge on any atom is 0.199 e. The largest absolute Gasteiger partial charge is 0.388 e. The van der Waals surface area contributed by atoms with E-state index in [0.29, 0.717) is 69.1 Å². The lowest BCUT2D eigenvalue weighted by Crippen LogP contribution is -2.83. The maximum absolute atomic E-state index is 11.3. The van der Waals surface area contributed by atoms with Gasteiger partial charge in [-0.3, -0.25) is 0 Å². The first kappa shape index (κ1) is 39.1. The number of nitrogens with two attached hydrogens (primary N) is 2. The van der Waals surface area contributed by atoms with Crippen molar-refractivity contribution in [1.82, 2.24) is 20.2 Å². The third-order valence-electron chi connectivity index (χ3n) is 16.0. The fraction of sp³-hybridized carbons (Fsp3) is 0.587. The van der Waals surface area contributed by atoms with Gasteiger partial charge in [-0.25, -0.2) is 9.97 Å². The number of hydrogen-bond donors (Lipinski definition) is 6. The van der Waals surface area contributed by atoms with E-state index in [1.54, 1.807) is 11.3 Å². The van der Waals surface area contributed by atoms with Gasteiger partial charge in [0, 0.05) is 41.9 Å². The number of anilines is 2. The van der Waals surface area contributed by atoms with Crippen LogP contribution >= 0.6 is 11.3 Å². The number of rotatable bonds is 11. The van der Waals surface area contributed by atoms with Gasteiger partial charge >= 0.3 is 0 Å². The molecule has 2 bridgehead atoms. The molecule has 3 aliphatic heterocycles. The quantitative estimate of drug-likeness (QED) is 0.116. The van der Waals surface area contributed by atoms with Gasteiger partial charge in [-0.15, -0.1) is 0 Å². The third-order valence-corrected chi connectivity index (χ3v) is 17.0. The van der Waals surface area contributed by atoms with Gasteiger partial charge in [0.05, 0.1) is 34.7 Å². The summed E-state index contributed by atoms with van der Waals surface area (Å²) in [6.07, 6.45) is 9.17. The molecule has 4 saturated carbocycles. The van der Waals surface area contributed by atoms with Crippen LogP contribution in [-0.2, 0) is 9.47 Å². The minimum absolute atomic E-state index is 0.00706. The van der Waals surface area contributed by atoms with Crippen LogP contribution in [0.3, 0.4) is 0 Å². The summed E-state index contributed by atoms with van der Waals surface area (Å²) in [5.74, 6) is 2.93. The van der Waals surface area contributed by atoms with E-state index < -0.39 is 6.29 Å². The molecule has 5 heterocycles. The number of para-hydroxylation sites is 1. The summed E-state index contributed by atoms with van der Waals surface area (Å²) in [6, 6.07) is 11.9. The highest BCUT2D eigenvalue weighted by Gasteiger charge is 2.89. The molecule has 4 aliphatic carbocycles. The summed E-state index contributed by atoms with van der Waals surface area (Å²) < 4.78 is 13.9. The Bertz CT molecular complexity index is 2270. The number of benzene rings is 1. The molecule has 10 rings (SSSR count). The normalized spacial score (nSPS) is 35.1. The van der Waals surface area contributed by atoms with E-state index in [9.17, 15) is 5.11 Å². The number of fused-ring (bicyclic) bond motifs is 3. The SMILES string of the molecule is C/C(NCC1CC2(C)CC3(OCCN4CCCC4)CC4(C)CC1CC243)=C1/C(=N)COC(O)c2nc(N3CCCC(/C(C)=C(\N)Nc4nc5ccccc5s4)=C3N)ccc21. The number of nitrogens with zero attached hydrogens (tertiary/aromatic N) is 4. The fourth-order valence-corrected chi connectivity index (χ4v) is 14.6. The van der Waals surface area contributed by atoms with Crippen molar-refractivity contribution < 1.29 is 14.6 Å². The first-order valence-corrected chi connectivity index (χ1v) is 22.7. The average molecular weight is 820 g/mol. The second-order valence-electron chi connectivity index (χ2n) is 19.3. The number of aliphatic hydroxyl groups excluding tert-OH is 1. The first-order chi connectivity index (χ1) is 28.3. The molecular weight excluding hydrogens is 759 g/mol. The summed E-state index contributed by atoms with van der Waals surface area (Å²) in [6.45, 7) is 15.1. The van der Waals surface area contributed by atoms with E-state index in [2.05, 4.69) is 41.3 Å². The molecule has 13 heteroatoms. The zero-order valence-corrected chi connectivity index (χ0v) is 35.9. The molecule has 7 aliphatic rings. The molecule has 7 atom stereocenters. The zero-order valence-electron chi connectivity index (χ0n) is 35.1. The molecule has 0 amide bonds. The van der Waals surface area contributed by atoms with Crippen molar-refractivity contribution in [3.05, 3.63) is 76.1 Å². The molecular formula is C46H61N9O3S. The minimum Gasteiger partial charge on any atom is -0.388 e. The third kappa shape index (κ3) is 6.00. The van der Waals surface area contributed by atoms with Gasteiger partial charge in [-0.05, 0) is 143 Å². The summed E-state index contributed by atoms with van der Waals surface area (Å²) in [7, 11) is 0. The van der Waals surface area contributed by atoms with Gasteiger partial charge in [-0.2, -0.15) is 0 Å².